The van der Waals surface area contributed by atoms with E-state index in [4.69, 9.17) is 5.73 Å². The Morgan fingerprint density at radius 3 is 2.94 bits per heavy atom. The van der Waals surface area contributed by atoms with Crippen molar-refractivity contribution in [2.24, 2.45) is 17.6 Å². The van der Waals surface area contributed by atoms with E-state index in [1.165, 1.54) is 0 Å². The number of rotatable bonds is 3. The Balaban J connectivity index is 2.09. The molecule has 1 aliphatic carbocycles. The molecule has 3 atom stereocenters. The van der Waals surface area contributed by atoms with E-state index < -0.39 is 0 Å². The van der Waals surface area contributed by atoms with E-state index in [1.807, 2.05) is 6.92 Å². The highest BCUT2D eigenvalue weighted by Gasteiger charge is 2.39. The second-order valence-corrected chi connectivity index (χ2v) is 5.28. The lowest BCUT2D eigenvalue weighted by atomic mass is 9.93. The third kappa shape index (κ3) is 2.36. The summed E-state index contributed by atoms with van der Waals surface area (Å²) in [5.74, 6) is 0.471. The zero-order valence-corrected chi connectivity index (χ0v) is 11.0. The van der Waals surface area contributed by atoms with E-state index in [2.05, 4.69) is 5.32 Å². The Hall–Kier alpha value is -1.10. The third-order valence-electron chi connectivity index (χ3n) is 4.28. The zero-order chi connectivity index (χ0) is 13.1. The highest BCUT2D eigenvalue weighted by atomic mass is 16.2. The fraction of sp³-hybridized carbons (Fsp3) is 0.846. The fourth-order valence-corrected chi connectivity index (χ4v) is 3.24. The van der Waals surface area contributed by atoms with Gasteiger partial charge in [0.2, 0.25) is 11.8 Å². The highest BCUT2D eigenvalue weighted by Crippen LogP contribution is 2.33. The number of carbonyl (C=O) groups is 2. The maximum absolute atomic E-state index is 12.6. The molecule has 2 fully saturated rings. The average molecular weight is 253 g/mol. The number of hydrogen-bond donors (Lipinski definition) is 2. The van der Waals surface area contributed by atoms with E-state index >= 15 is 0 Å². The van der Waals surface area contributed by atoms with Crippen LogP contribution in [0, 0.1) is 11.8 Å². The summed E-state index contributed by atoms with van der Waals surface area (Å²) in [5.41, 5.74) is 5.74. The van der Waals surface area contributed by atoms with Crippen molar-refractivity contribution in [1.82, 2.24) is 10.2 Å². The molecule has 0 bridgehead atoms. The van der Waals surface area contributed by atoms with E-state index in [0.29, 0.717) is 32.0 Å². The highest BCUT2D eigenvalue weighted by molar-refractivity contribution is 5.89. The predicted octanol–water partition coefficient (Wildman–Crippen LogP) is 0.0984. The van der Waals surface area contributed by atoms with Gasteiger partial charge in [-0.1, -0.05) is 13.3 Å². The van der Waals surface area contributed by atoms with Crippen molar-refractivity contribution in [3.63, 3.8) is 0 Å². The Bertz CT molecular complexity index is 332. The topological polar surface area (TPSA) is 75.4 Å². The van der Waals surface area contributed by atoms with Gasteiger partial charge in [-0.2, -0.15) is 0 Å². The van der Waals surface area contributed by atoms with Gasteiger partial charge in [0.15, 0.2) is 0 Å². The van der Waals surface area contributed by atoms with Gasteiger partial charge in [-0.15, -0.1) is 0 Å². The van der Waals surface area contributed by atoms with Crippen LogP contribution in [0.15, 0.2) is 0 Å². The molecule has 1 saturated carbocycles. The predicted molar refractivity (Wildman–Crippen MR) is 68.7 cm³/mol. The van der Waals surface area contributed by atoms with Gasteiger partial charge in [0.25, 0.3) is 0 Å². The maximum atomic E-state index is 12.6. The van der Waals surface area contributed by atoms with Gasteiger partial charge in [0.05, 0.1) is 0 Å². The van der Waals surface area contributed by atoms with E-state index in [9.17, 15) is 9.59 Å². The van der Waals surface area contributed by atoms with Crippen LogP contribution in [0.25, 0.3) is 0 Å². The van der Waals surface area contributed by atoms with Crippen molar-refractivity contribution in [2.45, 2.75) is 38.6 Å². The molecule has 0 aromatic rings. The van der Waals surface area contributed by atoms with Crippen molar-refractivity contribution < 1.29 is 9.59 Å². The minimum atomic E-state index is -0.287. The lowest BCUT2D eigenvalue weighted by molar-refractivity contribution is -0.147. The van der Waals surface area contributed by atoms with Crippen LogP contribution in [0.2, 0.25) is 0 Å². The molecule has 0 aromatic carbocycles. The first-order chi connectivity index (χ1) is 8.69. The first-order valence-electron chi connectivity index (χ1n) is 6.97. The standard InChI is InChI=1S/C13H23N3O2/c1-2-11-12(17)15-6-7-16(11)13(18)10-5-3-4-9(10)8-14/h9-11H,2-8,14H2,1H3,(H,15,17). The zero-order valence-electron chi connectivity index (χ0n) is 11.0. The molecule has 0 radical (unpaired) electrons. The van der Waals surface area contributed by atoms with Gasteiger partial charge >= 0.3 is 0 Å². The monoisotopic (exact) mass is 253 g/mol. The number of piperazine rings is 1. The molecule has 5 heteroatoms. The summed E-state index contributed by atoms with van der Waals surface area (Å²) in [6.07, 6.45) is 3.73. The maximum Gasteiger partial charge on any atom is 0.242 e. The van der Waals surface area contributed by atoms with Crippen molar-refractivity contribution >= 4 is 11.8 Å². The first kappa shape index (κ1) is 13.3. The number of nitrogens with one attached hydrogen (secondary N) is 1. The molecule has 2 rings (SSSR count). The van der Waals surface area contributed by atoms with Crippen LogP contribution < -0.4 is 11.1 Å². The molecule has 3 N–H and O–H groups in total. The summed E-state index contributed by atoms with van der Waals surface area (Å²) in [5, 5.41) is 2.83. The summed E-state index contributed by atoms with van der Waals surface area (Å²) < 4.78 is 0. The van der Waals surface area contributed by atoms with Gasteiger partial charge in [0, 0.05) is 19.0 Å². The van der Waals surface area contributed by atoms with Crippen LogP contribution in [0.1, 0.15) is 32.6 Å². The smallest absolute Gasteiger partial charge is 0.242 e. The van der Waals surface area contributed by atoms with Crippen molar-refractivity contribution in [1.29, 1.82) is 0 Å². The second-order valence-electron chi connectivity index (χ2n) is 5.28. The molecule has 2 aliphatic rings. The summed E-state index contributed by atoms with van der Waals surface area (Å²) in [6.45, 7) is 3.73. The SMILES string of the molecule is CCC1C(=O)NCCN1C(=O)C1CCCC1CN. The second kappa shape index (κ2) is 5.69. The molecule has 0 aromatic heterocycles. The third-order valence-corrected chi connectivity index (χ3v) is 4.28. The molecule has 2 amide bonds. The molecule has 3 unspecified atom stereocenters. The van der Waals surface area contributed by atoms with Gasteiger partial charge in [-0.25, -0.2) is 0 Å². The van der Waals surface area contributed by atoms with Crippen LogP contribution in [0.5, 0.6) is 0 Å². The summed E-state index contributed by atoms with van der Waals surface area (Å²) in [4.78, 5) is 26.1. The fourth-order valence-electron chi connectivity index (χ4n) is 3.24. The van der Waals surface area contributed by atoms with E-state index in [1.54, 1.807) is 4.90 Å². The van der Waals surface area contributed by atoms with Crippen LogP contribution in [0.3, 0.4) is 0 Å². The number of hydrogen-bond acceptors (Lipinski definition) is 3. The van der Waals surface area contributed by atoms with Gasteiger partial charge in [0.1, 0.15) is 6.04 Å². The summed E-state index contributed by atoms with van der Waals surface area (Å²) in [7, 11) is 0. The normalized spacial score (nSPS) is 32.4. The Morgan fingerprint density at radius 1 is 1.50 bits per heavy atom. The number of nitrogens with zero attached hydrogens (tertiary/aromatic N) is 1. The Labute approximate surface area is 108 Å². The molecule has 102 valence electrons. The van der Waals surface area contributed by atoms with Gasteiger partial charge in [-0.05, 0) is 31.7 Å². The lowest BCUT2D eigenvalue weighted by Gasteiger charge is -2.37. The number of amides is 2. The molecule has 5 nitrogen and oxygen atoms in total. The van der Waals surface area contributed by atoms with Crippen LogP contribution in [-0.2, 0) is 9.59 Å². The Kier molecular flexibility index (Phi) is 4.22. The average Bonchev–Trinajstić information content (AvgIpc) is 2.85. The van der Waals surface area contributed by atoms with Gasteiger partial charge < -0.3 is 16.0 Å². The minimum Gasteiger partial charge on any atom is -0.353 e. The van der Waals surface area contributed by atoms with Crippen LogP contribution in [-0.4, -0.2) is 42.4 Å². The van der Waals surface area contributed by atoms with Crippen molar-refractivity contribution in [2.75, 3.05) is 19.6 Å². The molecular weight excluding hydrogens is 230 g/mol. The molecule has 1 aliphatic heterocycles. The molecular formula is C13H23N3O2. The quantitative estimate of drug-likeness (QED) is 0.749. The lowest BCUT2D eigenvalue weighted by Crippen LogP contribution is -2.58. The largest absolute Gasteiger partial charge is 0.353 e. The van der Waals surface area contributed by atoms with Crippen molar-refractivity contribution in [3.05, 3.63) is 0 Å². The van der Waals surface area contributed by atoms with E-state index in [0.717, 1.165) is 19.3 Å². The van der Waals surface area contributed by atoms with Crippen LogP contribution >= 0.6 is 0 Å². The minimum absolute atomic E-state index is 0.0144. The molecule has 0 spiro atoms. The first-order valence-corrected chi connectivity index (χ1v) is 6.97. The molecule has 1 heterocycles. The molecule has 1 saturated heterocycles. The van der Waals surface area contributed by atoms with Crippen LogP contribution in [0.4, 0.5) is 0 Å². The van der Waals surface area contributed by atoms with E-state index in [-0.39, 0.29) is 23.8 Å². The summed E-state index contributed by atoms with van der Waals surface area (Å²) in [6, 6.07) is -0.287. The van der Waals surface area contributed by atoms with Crippen molar-refractivity contribution in [3.8, 4) is 0 Å². The Morgan fingerprint density at radius 2 is 2.28 bits per heavy atom. The summed E-state index contributed by atoms with van der Waals surface area (Å²) >= 11 is 0. The number of nitrogens with two attached hydrogens (primary N) is 1. The number of carbonyl (C=O) groups excluding carboxylic acids is 2. The van der Waals surface area contributed by atoms with Gasteiger partial charge in [-0.3, -0.25) is 9.59 Å². The molecule has 18 heavy (non-hydrogen) atoms.